The molecule has 65 heavy (non-hydrogen) atoms. The van der Waals surface area contributed by atoms with E-state index in [1.54, 1.807) is 18.2 Å². The molecular weight excluding hydrogens is 945 g/mol. The first-order valence-corrected chi connectivity index (χ1v) is 22.3. The highest BCUT2D eigenvalue weighted by molar-refractivity contribution is 14.1. The molecule has 0 bridgehead atoms. The van der Waals surface area contributed by atoms with Gasteiger partial charge in [-0.2, -0.15) is 0 Å². The lowest BCUT2D eigenvalue weighted by atomic mass is 10.1. The number of fused-ring (bicyclic) bond motifs is 15. The zero-order chi connectivity index (χ0) is 44.1. The largest absolute Gasteiger partial charge is 0.308 e. The van der Waals surface area contributed by atoms with Gasteiger partial charge in [-0.1, -0.05) is 121 Å². The van der Waals surface area contributed by atoms with Crippen LogP contribution in [0.1, 0.15) is 0 Å². The molecule has 9 aromatic carbocycles. The minimum absolute atomic E-state index is 0.0143. The third-order valence-electron chi connectivity index (χ3n) is 12.6. The summed E-state index contributed by atoms with van der Waals surface area (Å²) in [6, 6.07) is 62.2. The number of nitrogens with zero attached hydrogens (tertiary/aromatic N) is 5. The smallest absolute Gasteiger partial charge is 0.271 e. The number of hydrogen-bond donors (Lipinski definition) is 0. The number of hydrogen-bond acceptors (Lipinski definition) is 4. The van der Waals surface area contributed by atoms with E-state index >= 15 is 0 Å². The number of benzene rings is 9. The summed E-state index contributed by atoms with van der Waals surface area (Å²) in [5, 5.41) is 34.4. The van der Waals surface area contributed by atoms with Crippen LogP contribution in [0, 0.1) is 23.8 Å². The van der Waals surface area contributed by atoms with E-state index in [4.69, 9.17) is 11.6 Å². The van der Waals surface area contributed by atoms with Crippen LogP contribution >= 0.6 is 34.2 Å². The molecule has 0 aliphatic heterocycles. The molecule has 5 aromatic heterocycles. The van der Waals surface area contributed by atoms with E-state index in [1.165, 1.54) is 64.6 Å². The number of halogens is 2. The Labute approximate surface area is 387 Å². The summed E-state index contributed by atoms with van der Waals surface area (Å²) in [4.78, 5) is 21.2. The molecule has 310 valence electrons. The van der Waals surface area contributed by atoms with Gasteiger partial charge in [0.25, 0.3) is 11.4 Å². The summed E-state index contributed by atoms with van der Waals surface area (Å²) in [6.07, 6.45) is 0. The van der Waals surface area contributed by atoms with E-state index in [-0.39, 0.29) is 16.3 Å². The van der Waals surface area contributed by atoms with Gasteiger partial charge in [-0.15, -0.1) is 0 Å². The molecule has 0 fully saturated rings. The Morgan fingerprint density at radius 2 is 0.754 bits per heavy atom. The first-order chi connectivity index (χ1) is 31.8. The van der Waals surface area contributed by atoms with Crippen molar-refractivity contribution < 1.29 is 9.85 Å². The Morgan fingerprint density at radius 3 is 1.25 bits per heavy atom. The molecule has 11 heteroatoms. The van der Waals surface area contributed by atoms with Gasteiger partial charge in [-0.25, -0.2) is 0 Å². The molecule has 9 nitrogen and oxygen atoms in total. The Bertz CT molecular complexity index is 4200. The maximum atomic E-state index is 11.1. The van der Waals surface area contributed by atoms with Crippen molar-refractivity contribution in [2.75, 3.05) is 0 Å². The Morgan fingerprint density at radius 1 is 0.385 bits per heavy atom. The third-order valence-corrected chi connectivity index (χ3v) is 13.5. The molecule has 0 N–H and O–H groups in total. The van der Waals surface area contributed by atoms with Crippen LogP contribution in [0.25, 0.3) is 104 Å². The average Bonchev–Trinajstić information content (AvgIpc) is 4.13. The summed E-state index contributed by atoms with van der Waals surface area (Å²) in [7, 11) is 0. The summed E-state index contributed by atoms with van der Waals surface area (Å²) in [5.74, 6) is 0. The standard InChI is InChI=1S/C18H11ClN2O2.C18H10IN.C18H10N2O2/c19-15-11-12(21(22)23)9-10-18(15)20-16-7-3-1-5-13(16)14-6-2-4-8-17(14)20;19-11-8-9-17-15(10-11)14-6-3-5-13-12-4-1-2-7-16(12)20(17)18(13)14;21-20(22)11-8-9-17-15(10-11)14-6-3-5-13-12-4-1-2-7-16(12)19(17)18(13)14/h1-11H;1-10H;1-10H. The Balaban J connectivity index is 0.000000103. The van der Waals surface area contributed by atoms with Gasteiger partial charge in [0.05, 0.1) is 64.7 Å². The lowest BCUT2D eigenvalue weighted by molar-refractivity contribution is -0.385. The third kappa shape index (κ3) is 5.91. The molecule has 0 unspecified atom stereocenters. The molecule has 0 radical (unpaired) electrons. The quantitative estimate of drug-likeness (QED) is 0.1000. The fourth-order valence-electron chi connectivity index (χ4n) is 9.91. The fraction of sp³-hybridized carbons (Fsp3) is 0. The highest BCUT2D eigenvalue weighted by atomic mass is 127. The molecular formula is C54H31ClIN5O4. The van der Waals surface area contributed by atoms with Crippen molar-refractivity contribution in [2.45, 2.75) is 0 Å². The van der Waals surface area contributed by atoms with Gasteiger partial charge in [0, 0.05) is 81.7 Å². The molecule has 0 amide bonds. The second kappa shape index (κ2) is 14.9. The van der Waals surface area contributed by atoms with E-state index in [9.17, 15) is 20.2 Å². The molecule has 0 saturated heterocycles. The van der Waals surface area contributed by atoms with Crippen LogP contribution in [0.4, 0.5) is 11.4 Å². The summed E-state index contributed by atoms with van der Waals surface area (Å²) < 4.78 is 7.94. The number of rotatable bonds is 3. The maximum absolute atomic E-state index is 11.1. The molecule has 0 saturated carbocycles. The van der Waals surface area contributed by atoms with E-state index < -0.39 is 4.92 Å². The second-order valence-electron chi connectivity index (χ2n) is 16.0. The SMILES string of the molecule is Ic1ccc2c(c1)c1cccc3c4ccccc4n2c31.O=[N+]([O-])c1ccc(-n2c3ccccc3c3ccccc32)c(Cl)c1.O=[N+]([O-])c1ccc2c(c1)c1cccc3c4ccccc4n2c31. The van der Waals surface area contributed by atoms with Crippen LogP contribution < -0.4 is 0 Å². The number of para-hydroxylation sites is 6. The van der Waals surface area contributed by atoms with Crippen LogP contribution in [-0.4, -0.2) is 23.2 Å². The van der Waals surface area contributed by atoms with Gasteiger partial charge in [0.1, 0.15) is 0 Å². The minimum Gasteiger partial charge on any atom is -0.308 e. The van der Waals surface area contributed by atoms with Crippen molar-refractivity contribution in [1.29, 1.82) is 0 Å². The van der Waals surface area contributed by atoms with Crippen molar-refractivity contribution >= 4 is 144 Å². The van der Waals surface area contributed by atoms with Crippen molar-refractivity contribution in [2.24, 2.45) is 0 Å². The van der Waals surface area contributed by atoms with Gasteiger partial charge in [0.2, 0.25) is 0 Å². The van der Waals surface area contributed by atoms with E-state index in [2.05, 4.69) is 122 Å². The van der Waals surface area contributed by atoms with Crippen molar-refractivity contribution in [3.8, 4) is 5.69 Å². The number of non-ortho nitro benzene ring substituents is 2. The molecule has 14 rings (SSSR count). The Kier molecular flexibility index (Phi) is 8.90. The van der Waals surface area contributed by atoms with Gasteiger partial charge in [-0.05, 0) is 77.2 Å². The summed E-state index contributed by atoms with van der Waals surface area (Å²) >= 11 is 8.73. The fourth-order valence-corrected chi connectivity index (χ4v) is 10.7. The summed E-state index contributed by atoms with van der Waals surface area (Å²) in [5.41, 5.74) is 10.1. The Hall–Kier alpha value is -7.80. The van der Waals surface area contributed by atoms with Gasteiger partial charge < -0.3 is 13.4 Å². The molecule has 14 aromatic rings. The van der Waals surface area contributed by atoms with Crippen molar-refractivity contribution in [3.05, 3.63) is 217 Å². The van der Waals surface area contributed by atoms with Gasteiger partial charge >= 0.3 is 0 Å². The summed E-state index contributed by atoms with van der Waals surface area (Å²) in [6.45, 7) is 0. The topological polar surface area (TPSA) is 100 Å². The number of nitro benzene ring substituents is 2. The molecule has 5 heterocycles. The minimum atomic E-state index is -0.443. The van der Waals surface area contributed by atoms with Gasteiger partial charge in [0.15, 0.2) is 0 Å². The first kappa shape index (κ1) is 38.8. The van der Waals surface area contributed by atoms with Crippen LogP contribution in [0.2, 0.25) is 5.02 Å². The molecule has 0 aliphatic carbocycles. The number of aromatic nitrogens is 3. The van der Waals surface area contributed by atoms with Gasteiger partial charge in [-0.3, -0.25) is 20.2 Å². The zero-order valence-corrected chi connectivity index (χ0v) is 36.9. The molecule has 0 aliphatic rings. The highest BCUT2D eigenvalue weighted by Gasteiger charge is 2.20. The zero-order valence-electron chi connectivity index (χ0n) is 34.0. The normalized spacial score (nSPS) is 11.8. The predicted molar refractivity (Wildman–Crippen MR) is 274 cm³/mol. The lowest BCUT2D eigenvalue weighted by Gasteiger charge is -2.09. The second-order valence-corrected chi connectivity index (χ2v) is 17.6. The monoisotopic (exact) mass is 975 g/mol. The molecule has 0 spiro atoms. The van der Waals surface area contributed by atoms with Crippen LogP contribution in [-0.2, 0) is 0 Å². The lowest BCUT2D eigenvalue weighted by Crippen LogP contribution is -1.96. The van der Waals surface area contributed by atoms with E-state index in [0.717, 1.165) is 54.8 Å². The highest BCUT2D eigenvalue weighted by Crippen LogP contribution is 2.41. The average molecular weight is 976 g/mol. The van der Waals surface area contributed by atoms with Crippen LogP contribution in [0.3, 0.4) is 0 Å². The first-order valence-electron chi connectivity index (χ1n) is 20.8. The van der Waals surface area contributed by atoms with E-state index in [0.29, 0.717) is 5.02 Å². The van der Waals surface area contributed by atoms with Crippen molar-refractivity contribution in [3.63, 3.8) is 0 Å². The van der Waals surface area contributed by atoms with Crippen molar-refractivity contribution in [1.82, 2.24) is 13.4 Å². The predicted octanol–water partition coefficient (Wildman–Crippen LogP) is 15.5. The van der Waals surface area contributed by atoms with Crippen LogP contribution in [0.5, 0.6) is 0 Å². The maximum Gasteiger partial charge on any atom is 0.271 e. The van der Waals surface area contributed by atoms with Crippen LogP contribution in [0.15, 0.2) is 188 Å². The molecule has 0 atom stereocenters. The number of nitro groups is 2. The van der Waals surface area contributed by atoms with E-state index in [1.807, 2.05) is 71.3 Å².